The number of methoxy groups -OCH3 is 1. The van der Waals surface area contributed by atoms with E-state index in [1.165, 1.54) is 5.57 Å². The number of fused-ring (bicyclic) bond motifs is 5. The zero-order valence-corrected chi connectivity index (χ0v) is 13.8. The summed E-state index contributed by atoms with van der Waals surface area (Å²) in [6, 6.07) is 0. The minimum absolute atomic E-state index is 0.110. The molecule has 23 heavy (non-hydrogen) atoms. The molecular formula is C19H28O4. The van der Waals surface area contributed by atoms with E-state index in [9.17, 15) is 15.3 Å². The van der Waals surface area contributed by atoms with Crippen LogP contribution in [0, 0.1) is 29.6 Å². The van der Waals surface area contributed by atoms with Crippen molar-refractivity contribution in [2.24, 2.45) is 29.6 Å². The molecule has 0 aromatic carbocycles. The van der Waals surface area contributed by atoms with Crippen LogP contribution in [-0.2, 0) is 4.74 Å². The molecule has 4 heteroatoms. The molecule has 1 unspecified atom stereocenters. The van der Waals surface area contributed by atoms with E-state index in [1.54, 1.807) is 13.2 Å². The quantitative estimate of drug-likeness (QED) is 0.681. The zero-order chi connectivity index (χ0) is 16.2. The molecule has 0 amide bonds. The van der Waals surface area contributed by atoms with Crippen molar-refractivity contribution < 1.29 is 20.1 Å². The second kappa shape index (κ2) is 5.69. The Bertz CT molecular complexity index is 535. The van der Waals surface area contributed by atoms with Crippen LogP contribution >= 0.6 is 0 Å². The molecule has 6 atom stereocenters. The summed E-state index contributed by atoms with van der Waals surface area (Å²) in [6.45, 7) is 0.627. The highest BCUT2D eigenvalue weighted by Crippen LogP contribution is 2.57. The Morgan fingerprint density at radius 1 is 1.09 bits per heavy atom. The molecule has 0 bridgehead atoms. The Hall–Kier alpha value is -0.680. The maximum atomic E-state index is 10.3. The van der Waals surface area contributed by atoms with Gasteiger partial charge in [-0.2, -0.15) is 0 Å². The number of allylic oxidation sites excluding steroid dienone is 1. The zero-order valence-electron chi connectivity index (χ0n) is 13.8. The molecule has 0 heterocycles. The highest BCUT2D eigenvalue weighted by atomic mass is 16.5. The molecular weight excluding hydrogens is 292 g/mol. The van der Waals surface area contributed by atoms with Crippen molar-refractivity contribution in [3.05, 3.63) is 23.3 Å². The second-order valence-electron chi connectivity index (χ2n) is 8.05. The largest absolute Gasteiger partial charge is 0.393 e. The van der Waals surface area contributed by atoms with Crippen LogP contribution in [0.5, 0.6) is 0 Å². The lowest BCUT2D eigenvalue weighted by atomic mass is 9.56. The summed E-state index contributed by atoms with van der Waals surface area (Å²) >= 11 is 0. The highest BCUT2D eigenvalue weighted by molar-refractivity contribution is 5.43. The van der Waals surface area contributed by atoms with Gasteiger partial charge < -0.3 is 20.1 Å². The first kappa shape index (κ1) is 15.8. The van der Waals surface area contributed by atoms with Gasteiger partial charge in [0.15, 0.2) is 5.79 Å². The van der Waals surface area contributed by atoms with E-state index >= 15 is 0 Å². The van der Waals surface area contributed by atoms with Crippen molar-refractivity contribution in [2.75, 3.05) is 13.7 Å². The standard InChI is InChI=1S/C19H28O4/c1-23-10-11-8-16-12(2-3-15-13(16)4-5-18(15)20)14-6-7-19(21,22)9-17(11)14/h6,9,11-13,15-16,18,20-22H,2-5,7-8,10H2,1H3/t11-,12+,13+,15?,16+,18-/m0/s1. The number of hydrogen-bond donors (Lipinski definition) is 3. The van der Waals surface area contributed by atoms with Crippen LogP contribution in [0.15, 0.2) is 23.3 Å². The Balaban J connectivity index is 1.67. The summed E-state index contributed by atoms with van der Waals surface area (Å²) < 4.78 is 5.43. The van der Waals surface area contributed by atoms with Crippen molar-refractivity contribution in [3.63, 3.8) is 0 Å². The van der Waals surface area contributed by atoms with Gasteiger partial charge in [-0.05, 0) is 73.0 Å². The fourth-order valence-corrected chi connectivity index (χ4v) is 5.93. The molecule has 3 N–H and O–H groups in total. The van der Waals surface area contributed by atoms with Gasteiger partial charge in [-0.15, -0.1) is 0 Å². The van der Waals surface area contributed by atoms with Crippen molar-refractivity contribution >= 4 is 0 Å². The minimum Gasteiger partial charge on any atom is -0.393 e. The molecule has 0 aromatic heterocycles. The van der Waals surface area contributed by atoms with Crippen LogP contribution in [0.4, 0.5) is 0 Å². The number of rotatable bonds is 2. The van der Waals surface area contributed by atoms with Crippen LogP contribution in [0.3, 0.4) is 0 Å². The van der Waals surface area contributed by atoms with E-state index in [0.29, 0.717) is 30.3 Å². The Labute approximate surface area is 137 Å². The normalized spacial score (nSPS) is 44.7. The Kier molecular flexibility index (Phi) is 3.92. The van der Waals surface area contributed by atoms with Crippen LogP contribution < -0.4 is 0 Å². The first-order chi connectivity index (χ1) is 11.0. The summed E-state index contributed by atoms with van der Waals surface area (Å²) in [7, 11) is 1.72. The maximum Gasteiger partial charge on any atom is 0.186 e. The maximum absolute atomic E-state index is 10.3. The lowest BCUT2D eigenvalue weighted by Gasteiger charge is -2.49. The van der Waals surface area contributed by atoms with Gasteiger partial charge in [0.25, 0.3) is 0 Å². The van der Waals surface area contributed by atoms with Gasteiger partial charge in [0, 0.05) is 19.4 Å². The first-order valence-corrected chi connectivity index (χ1v) is 9.05. The Morgan fingerprint density at radius 3 is 2.65 bits per heavy atom. The third-order valence-electron chi connectivity index (χ3n) is 6.82. The molecule has 0 aromatic rings. The number of aliphatic hydroxyl groups excluding tert-OH is 1. The van der Waals surface area contributed by atoms with Gasteiger partial charge in [-0.3, -0.25) is 0 Å². The lowest BCUT2D eigenvalue weighted by Crippen LogP contribution is -2.43. The SMILES string of the molecule is COC[C@@H]1C[C@@H]2[C@H](CCC3[C@H]2CC[C@@H]3O)C2=CCC(O)(O)C=C21. The predicted molar refractivity (Wildman–Crippen MR) is 86.4 cm³/mol. The van der Waals surface area contributed by atoms with Gasteiger partial charge in [0.1, 0.15) is 0 Å². The van der Waals surface area contributed by atoms with Gasteiger partial charge >= 0.3 is 0 Å². The molecule has 128 valence electrons. The van der Waals surface area contributed by atoms with Gasteiger partial charge in [0.05, 0.1) is 12.7 Å². The van der Waals surface area contributed by atoms with Crippen molar-refractivity contribution in [3.8, 4) is 0 Å². The Morgan fingerprint density at radius 2 is 1.87 bits per heavy atom. The monoisotopic (exact) mass is 320 g/mol. The first-order valence-electron chi connectivity index (χ1n) is 9.05. The van der Waals surface area contributed by atoms with Gasteiger partial charge in [0.2, 0.25) is 0 Å². The molecule has 4 aliphatic carbocycles. The molecule has 0 aliphatic heterocycles. The van der Waals surface area contributed by atoms with E-state index in [1.807, 2.05) is 0 Å². The van der Waals surface area contributed by atoms with E-state index in [0.717, 1.165) is 37.7 Å². The molecule has 4 rings (SSSR count). The van der Waals surface area contributed by atoms with Gasteiger partial charge in [-0.1, -0.05) is 6.08 Å². The molecule has 4 aliphatic rings. The fourth-order valence-electron chi connectivity index (χ4n) is 5.93. The van der Waals surface area contributed by atoms with Crippen molar-refractivity contribution in [2.45, 2.75) is 50.4 Å². The smallest absolute Gasteiger partial charge is 0.186 e. The van der Waals surface area contributed by atoms with E-state index in [4.69, 9.17) is 4.74 Å². The molecule has 0 spiro atoms. The third kappa shape index (κ3) is 2.60. The lowest BCUT2D eigenvalue weighted by molar-refractivity contribution is -0.117. The average Bonchev–Trinajstić information content (AvgIpc) is 2.89. The molecule has 4 nitrogen and oxygen atoms in total. The van der Waals surface area contributed by atoms with Crippen molar-refractivity contribution in [1.29, 1.82) is 0 Å². The van der Waals surface area contributed by atoms with Crippen LogP contribution in [0.25, 0.3) is 0 Å². The summed E-state index contributed by atoms with van der Waals surface area (Å²) in [6.07, 6.45) is 9.26. The molecule has 3 saturated carbocycles. The predicted octanol–water partition coefficient (Wildman–Crippen LogP) is 2.00. The molecule has 0 saturated heterocycles. The summed E-state index contributed by atoms with van der Waals surface area (Å²) in [5, 5.41) is 30.4. The second-order valence-corrected chi connectivity index (χ2v) is 8.05. The topological polar surface area (TPSA) is 69.9 Å². The summed E-state index contributed by atoms with van der Waals surface area (Å²) in [5.74, 6) is 0.766. The highest BCUT2D eigenvalue weighted by Gasteiger charge is 2.50. The minimum atomic E-state index is -1.71. The van der Waals surface area contributed by atoms with Crippen molar-refractivity contribution in [1.82, 2.24) is 0 Å². The third-order valence-corrected chi connectivity index (χ3v) is 6.82. The molecule has 3 fully saturated rings. The molecule has 0 radical (unpaired) electrons. The van der Waals surface area contributed by atoms with E-state index in [-0.39, 0.29) is 18.4 Å². The average molecular weight is 320 g/mol. The van der Waals surface area contributed by atoms with Gasteiger partial charge in [-0.25, -0.2) is 0 Å². The summed E-state index contributed by atoms with van der Waals surface area (Å²) in [4.78, 5) is 0. The number of hydrogen-bond acceptors (Lipinski definition) is 4. The number of ether oxygens (including phenoxy) is 1. The number of aliphatic hydroxyl groups is 3. The summed E-state index contributed by atoms with van der Waals surface area (Å²) in [5.41, 5.74) is 2.43. The fraction of sp³-hybridized carbons (Fsp3) is 0.789. The van der Waals surface area contributed by atoms with E-state index in [2.05, 4.69) is 6.08 Å². The van der Waals surface area contributed by atoms with Crippen LogP contribution in [-0.4, -0.2) is 40.9 Å². The van der Waals surface area contributed by atoms with Crippen LogP contribution in [0.1, 0.15) is 38.5 Å². The van der Waals surface area contributed by atoms with E-state index < -0.39 is 5.79 Å². The van der Waals surface area contributed by atoms with Crippen LogP contribution in [0.2, 0.25) is 0 Å².